The van der Waals surface area contributed by atoms with Gasteiger partial charge >= 0.3 is 0 Å². The Labute approximate surface area is 83.7 Å². The fraction of sp³-hybridized carbons (Fsp3) is 0.889. The van der Waals surface area contributed by atoms with Crippen molar-refractivity contribution in [3.8, 4) is 0 Å². The topological polar surface area (TPSA) is 72.8 Å². The van der Waals surface area contributed by atoms with Gasteiger partial charge in [-0.15, -0.1) is 0 Å². The molecule has 5 nitrogen and oxygen atoms in total. The van der Waals surface area contributed by atoms with E-state index in [0.29, 0.717) is 32.6 Å². The molecule has 1 fully saturated rings. The van der Waals surface area contributed by atoms with E-state index in [1.165, 1.54) is 0 Å². The van der Waals surface area contributed by atoms with Gasteiger partial charge in [0.25, 0.3) is 0 Å². The van der Waals surface area contributed by atoms with E-state index in [9.17, 15) is 4.79 Å². The molecule has 0 saturated carbocycles. The van der Waals surface area contributed by atoms with Gasteiger partial charge in [0, 0.05) is 45.1 Å². The monoisotopic (exact) mass is 202 g/mol. The standard InChI is InChI=1S/C9H18N2O3/c12-4-2-10-1-3-11-6-8(7-13)5-9(11)14/h8,10,12-13H,1-7H2. The SMILES string of the molecule is O=C1CC(CO)CN1CCNCCO. The highest BCUT2D eigenvalue weighted by atomic mass is 16.3. The third kappa shape index (κ3) is 3.25. The van der Waals surface area contributed by atoms with Crippen LogP contribution in [-0.4, -0.2) is 60.4 Å². The number of aliphatic hydroxyl groups is 2. The van der Waals surface area contributed by atoms with Gasteiger partial charge in [-0.3, -0.25) is 4.79 Å². The second kappa shape index (κ2) is 5.95. The maximum atomic E-state index is 11.3. The Morgan fingerprint density at radius 2 is 2.21 bits per heavy atom. The molecule has 0 radical (unpaired) electrons. The van der Waals surface area contributed by atoms with Gasteiger partial charge in [0.15, 0.2) is 0 Å². The largest absolute Gasteiger partial charge is 0.396 e. The molecule has 82 valence electrons. The molecule has 3 N–H and O–H groups in total. The number of hydrogen-bond donors (Lipinski definition) is 3. The van der Waals surface area contributed by atoms with Gasteiger partial charge in [-0.25, -0.2) is 0 Å². The molecule has 0 aromatic carbocycles. The minimum absolute atomic E-state index is 0.0896. The van der Waals surface area contributed by atoms with E-state index in [1.54, 1.807) is 4.90 Å². The van der Waals surface area contributed by atoms with Gasteiger partial charge in [0.2, 0.25) is 5.91 Å². The fourth-order valence-electron chi connectivity index (χ4n) is 1.61. The molecular weight excluding hydrogens is 184 g/mol. The molecule has 0 aromatic rings. The highest BCUT2D eigenvalue weighted by Gasteiger charge is 2.28. The Balaban J connectivity index is 2.15. The number of amides is 1. The van der Waals surface area contributed by atoms with Crippen molar-refractivity contribution in [2.45, 2.75) is 6.42 Å². The van der Waals surface area contributed by atoms with Crippen molar-refractivity contribution in [2.75, 3.05) is 39.4 Å². The maximum absolute atomic E-state index is 11.3. The van der Waals surface area contributed by atoms with E-state index >= 15 is 0 Å². The lowest BCUT2D eigenvalue weighted by Gasteiger charge is -2.16. The van der Waals surface area contributed by atoms with Crippen molar-refractivity contribution in [3.63, 3.8) is 0 Å². The van der Waals surface area contributed by atoms with Crippen LogP contribution in [0.5, 0.6) is 0 Å². The van der Waals surface area contributed by atoms with Crippen molar-refractivity contribution in [2.24, 2.45) is 5.92 Å². The molecule has 1 amide bonds. The van der Waals surface area contributed by atoms with Crippen molar-refractivity contribution < 1.29 is 15.0 Å². The van der Waals surface area contributed by atoms with Crippen LogP contribution < -0.4 is 5.32 Å². The smallest absolute Gasteiger partial charge is 0.223 e. The Hall–Kier alpha value is -0.650. The number of likely N-dealkylation sites (tertiary alicyclic amines) is 1. The minimum atomic E-state index is 0.0896. The van der Waals surface area contributed by atoms with Crippen LogP contribution in [0, 0.1) is 5.92 Å². The molecule has 5 heteroatoms. The maximum Gasteiger partial charge on any atom is 0.223 e. The third-order valence-corrected chi connectivity index (χ3v) is 2.40. The lowest BCUT2D eigenvalue weighted by molar-refractivity contribution is -0.127. The third-order valence-electron chi connectivity index (χ3n) is 2.40. The van der Waals surface area contributed by atoms with Crippen LogP contribution in [0.2, 0.25) is 0 Å². The Morgan fingerprint density at radius 1 is 1.43 bits per heavy atom. The predicted octanol–water partition coefficient (Wildman–Crippen LogP) is -1.59. The zero-order valence-corrected chi connectivity index (χ0v) is 8.28. The molecule has 1 saturated heterocycles. The Kier molecular flexibility index (Phi) is 4.86. The number of nitrogens with one attached hydrogen (secondary N) is 1. The number of carbonyl (C=O) groups is 1. The van der Waals surface area contributed by atoms with Crippen LogP contribution >= 0.6 is 0 Å². The highest BCUT2D eigenvalue weighted by molar-refractivity contribution is 5.78. The summed E-state index contributed by atoms with van der Waals surface area (Å²) in [5, 5.41) is 20.4. The molecule has 14 heavy (non-hydrogen) atoms. The van der Waals surface area contributed by atoms with Crippen LogP contribution in [0.25, 0.3) is 0 Å². The first-order chi connectivity index (χ1) is 6.77. The number of hydrogen-bond acceptors (Lipinski definition) is 4. The second-order valence-electron chi connectivity index (χ2n) is 3.57. The van der Waals surface area contributed by atoms with Gasteiger partial charge in [-0.05, 0) is 0 Å². The number of nitrogens with zero attached hydrogens (tertiary/aromatic N) is 1. The van der Waals surface area contributed by atoms with Crippen LogP contribution in [-0.2, 0) is 4.79 Å². The summed E-state index contributed by atoms with van der Waals surface area (Å²) >= 11 is 0. The molecule has 0 aliphatic carbocycles. The van der Waals surface area contributed by atoms with Gasteiger partial charge < -0.3 is 20.4 Å². The van der Waals surface area contributed by atoms with E-state index in [4.69, 9.17) is 10.2 Å². The lowest BCUT2D eigenvalue weighted by Crippen LogP contribution is -2.34. The van der Waals surface area contributed by atoms with E-state index in [0.717, 1.165) is 0 Å². The molecule has 1 rings (SSSR count). The molecular formula is C9H18N2O3. The molecule has 0 aromatic heterocycles. The average molecular weight is 202 g/mol. The average Bonchev–Trinajstić information content (AvgIpc) is 2.54. The normalized spacial score (nSPS) is 22.0. The minimum Gasteiger partial charge on any atom is -0.396 e. The summed E-state index contributed by atoms with van der Waals surface area (Å²) in [5.74, 6) is 0.232. The first-order valence-corrected chi connectivity index (χ1v) is 4.98. The number of carbonyl (C=O) groups excluding carboxylic acids is 1. The Bertz CT molecular complexity index is 187. The molecule has 1 aliphatic heterocycles. The summed E-state index contributed by atoms with van der Waals surface area (Å²) in [6.07, 6.45) is 0.469. The first-order valence-electron chi connectivity index (χ1n) is 4.98. The van der Waals surface area contributed by atoms with Crippen molar-refractivity contribution >= 4 is 5.91 Å². The summed E-state index contributed by atoms with van der Waals surface area (Å²) in [5.41, 5.74) is 0. The van der Waals surface area contributed by atoms with E-state index in [2.05, 4.69) is 5.32 Å². The molecule has 1 aliphatic rings. The lowest BCUT2D eigenvalue weighted by atomic mass is 10.1. The summed E-state index contributed by atoms with van der Waals surface area (Å²) in [6.45, 7) is 2.79. The van der Waals surface area contributed by atoms with Crippen molar-refractivity contribution in [3.05, 3.63) is 0 Å². The number of aliphatic hydroxyl groups excluding tert-OH is 2. The summed E-state index contributed by atoms with van der Waals surface area (Å²) in [6, 6.07) is 0. The predicted molar refractivity (Wildman–Crippen MR) is 51.7 cm³/mol. The molecule has 1 heterocycles. The summed E-state index contributed by atoms with van der Waals surface area (Å²) in [7, 11) is 0. The van der Waals surface area contributed by atoms with E-state index < -0.39 is 0 Å². The van der Waals surface area contributed by atoms with Crippen LogP contribution in [0.15, 0.2) is 0 Å². The quantitative estimate of drug-likeness (QED) is 0.454. The number of rotatable bonds is 6. The van der Waals surface area contributed by atoms with Crippen LogP contribution in [0.1, 0.15) is 6.42 Å². The van der Waals surface area contributed by atoms with Crippen LogP contribution in [0.3, 0.4) is 0 Å². The highest BCUT2D eigenvalue weighted by Crippen LogP contribution is 2.15. The van der Waals surface area contributed by atoms with Gasteiger partial charge in [0.1, 0.15) is 0 Å². The van der Waals surface area contributed by atoms with Crippen molar-refractivity contribution in [1.29, 1.82) is 0 Å². The van der Waals surface area contributed by atoms with Crippen molar-refractivity contribution in [1.82, 2.24) is 10.2 Å². The zero-order chi connectivity index (χ0) is 10.4. The van der Waals surface area contributed by atoms with E-state index in [1.807, 2.05) is 0 Å². The Morgan fingerprint density at radius 3 is 2.79 bits per heavy atom. The molecule has 1 unspecified atom stereocenters. The van der Waals surface area contributed by atoms with E-state index in [-0.39, 0.29) is 25.0 Å². The summed E-state index contributed by atoms with van der Waals surface area (Å²) in [4.78, 5) is 13.1. The van der Waals surface area contributed by atoms with Gasteiger partial charge in [-0.1, -0.05) is 0 Å². The van der Waals surface area contributed by atoms with Gasteiger partial charge in [-0.2, -0.15) is 0 Å². The molecule has 1 atom stereocenters. The fourth-order valence-corrected chi connectivity index (χ4v) is 1.61. The zero-order valence-electron chi connectivity index (χ0n) is 8.28. The van der Waals surface area contributed by atoms with Gasteiger partial charge in [0.05, 0.1) is 6.61 Å². The molecule has 0 bridgehead atoms. The first kappa shape index (κ1) is 11.4. The second-order valence-corrected chi connectivity index (χ2v) is 3.57. The molecule has 0 spiro atoms. The van der Waals surface area contributed by atoms with Crippen LogP contribution in [0.4, 0.5) is 0 Å². The summed E-state index contributed by atoms with van der Waals surface area (Å²) < 4.78 is 0.